The van der Waals surface area contributed by atoms with Gasteiger partial charge in [-0.3, -0.25) is 4.79 Å². The Morgan fingerprint density at radius 3 is 2.25 bits per heavy atom. The number of ether oxygens (including phenoxy) is 1. The molecule has 0 bridgehead atoms. The smallest absolute Gasteiger partial charge is 0.335 e. The number of nitrogens with zero attached hydrogens (tertiary/aromatic N) is 2. The summed E-state index contributed by atoms with van der Waals surface area (Å²) in [6, 6.07) is 12.9. The molecule has 0 fully saturated rings. The minimum atomic E-state index is -0.563. The fourth-order valence-electron chi connectivity index (χ4n) is 2.59. The highest BCUT2D eigenvalue weighted by Crippen LogP contribution is 2.22. The second kappa shape index (κ2) is 6.45. The maximum Gasteiger partial charge on any atom is 0.335 e. The quantitative estimate of drug-likeness (QED) is 0.297. The largest absolute Gasteiger partial charge is 0.618 e. The Hall–Kier alpha value is -2.67. The summed E-state index contributed by atoms with van der Waals surface area (Å²) in [6.07, 6.45) is 0. The summed E-state index contributed by atoms with van der Waals surface area (Å²) in [7, 11) is 1.44. The van der Waals surface area contributed by atoms with Crippen molar-refractivity contribution in [2.24, 2.45) is 0 Å². The van der Waals surface area contributed by atoms with Crippen LogP contribution in [0.25, 0.3) is 11.0 Å². The van der Waals surface area contributed by atoms with Crippen molar-refractivity contribution in [2.75, 3.05) is 7.11 Å². The molecule has 3 aromatic rings. The highest BCUT2D eigenvalue weighted by molar-refractivity contribution is 9.08. The van der Waals surface area contributed by atoms with Gasteiger partial charge >= 0.3 is 5.69 Å². The molecule has 122 valence electrons. The third kappa shape index (κ3) is 2.46. The van der Waals surface area contributed by atoms with E-state index in [2.05, 4.69) is 15.9 Å². The predicted molar refractivity (Wildman–Crippen MR) is 90.9 cm³/mol. The number of carbonyl (C=O) groups excluding carboxylic acids is 1. The molecule has 1 heterocycles. The summed E-state index contributed by atoms with van der Waals surface area (Å²) >= 11 is 3.20. The van der Waals surface area contributed by atoms with E-state index in [1.807, 2.05) is 0 Å². The normalized spacial score (nSPS) is 10.8. The number of alkyl halides is 1. The van der Waals surface area contributed by atoms with Gasteiger partial charge in [0.2, 0.25) is 0 Å². The molecule has 2 aromatic carbocycles. The van der Waals surface area contributed by atoms with Crippen LogP contribution in [0.4, 0.5) is 0 Å². The van der Waals surface area contributed by atoms with Crippen LogP contribution in [0, 0.1) is 10.4 Å². The molecule has 0 aliphatic rings. The molecule has 0 radical (unpaired) electrons. The molecule has 24 heavy (non-hydrogen) atoms. The molecule has 1 aromatic heterocycles. The van der Waals surface area contributed by atoms with Crippen molar-refractivity contribution in [3.63, 3.8) is 0 Å². The molecule has 0 saturated carbocycles. The number of ketones is 1. The number of para-hydroxylation sites is 3. The molecule has 0 aliphatic carbocycles. The van der Waals surface area contributed by atoms with Crippen LogP contribution >= 0.6 is 15.9 Å². The lowest BCUT2D eigenvalue weighted by Gasteiger charge is -2.12. The molecule has 6 nitrogen and oxygen atoms in total. The predicted octanol–water partition coefficient (Wildman–Crippen LogP) is 2.24. The second-order valence-electron chi connectivity index (χ2n) is 5.04. The molecule has 0 N–H and O–H groups in total. The van der Waals surface area contributed by atoms with E-state index in [-0.39, 0.29) is 33.3 Å². The molecule has 0 unspecified atom stereocenters. The van der Waals surface area contributed by atoms with Crippen molar-refractivity contribution in [3.8, 4) is 5.75 Å². The van der Waals surface area contributed by atoms with Crippen molar-refractivity contribution in [1.82, 2.24) is 0 Å². The molecular formula is C17H13BrN2O4. The van der Waals surface area contributed by atoms with Gasteiger partial charge in [-0.25, -0.2) is 0 Å². The number of aromatic nitrogens is 2. The van der Waals surface area contributed by atoms with Crippen molar-refractivity contribution >= 4 is 32.7 Å². The van der Waals surface area contributed by atoms with Gasteiger partial charge in [0.1, 0.15) is 5.75 Å². The lowest BCUT2D eigenvalue weighted by Crippen LogP contribution is -2.47. The highest BCUT2D eigenvalue weighted by atomic mass is 79.9. The number of fused-ring (bicyclic) bond motifs is 1. The molecule has 7 heteroatoms. The number of benzene rings is 2. The summed E-state index contributed by atoms with van der Waals surface area (Å²) in [6.45, 7) is 0. The minimum absolute atomic E-state index is 0.0552. The van der Waals surface area contributed by atoms with Gasteiger partial charge in [-0.15, -0.1) is 0 Å². The number of carbonyl (C=O) groups is 1. The molecule has 0 spiro atoms. The first-order valence-electron chi connectivity index (χ1n) is 7.10. The maximum atomic E-state index is 12.9. The summed E-state index contributed by atoms with van der Waals surface area (Å²) < 4.78 is 6.31. The summed E-state index contributed by atoms with van der Waals surface area (Å²) in [5.41, 5.74) is 0.403. The van der Waals surface area contributed by atoms with Gasteiger partial charge in [0.15, 0.2) is 0 Å². The number of hydrogen-bond donors (Lipinski definition) is 0. The van der Waals surface area contributed by atoms with Gasteiger partial charge in [0.25, 0.3) is 22.5 Å². The Bertz CT molecular complexity index is 943. The van der Waals surface area contributed by atoms with Crippen molar-refractivity contribution in [1.29, 1.82) is 0 Å². The Balaban J connectivity index is 2.33. The van der Waals surface area contributed by atoms with Gasteiger partial charge in [-0.1, -0.05) is 40.2 Å². The minimum Gasteiger partial charge on any atom is -0.618 e. The van der Waals surface area contributed by atoms with E-state index in [1.54, 1.807) is 42.5 Å². The Kier molecular flexibility index (Phi) is 4.35. The van der Waals surface area contributed by atoms with Crippen LogP contribution < -0.4 is 14.2 Å². The van der Waals surface area contributed by atoms with Crippen molar-refractivity contribution < 1.29 is 19.0 Å². The molecule has 0 saturated heterocycles. The first-order valence-corrected chi connectivity index (χ1v) is 8.22. The molecule has 0 aliphatic heterocycles. The average Bonchev–Trinajstić information content (AvgIpc) is 2.63. The van der Waals surface area contributed by atoms with Gasteiger partial charge < -0.3 is 15.2 Å². The van der Waals surface area contributed by atoms with Crippen LogP contribution in [0.5, 0.6) is 5.75 Å². The van der Waals surface area contributed by atoms with Crippen LogP contribution in [-0.2, 0) is 5.33 Å². The van der Waals surface area contributed by atoms with Crippen molar-refractivity contribution in [2.45, 2.75) is 5.33 Å². The van der Waals surface area contributed by atoms with Gasteiger partial charge in [-0.2, -0.15) is 9.46 Å². The Morgan fingerprint density at radius 2 is 1.62 bits per heavy atom. The lowest BCUT2D eigenvalue weighted by atomic mass is 10.0. The maximum absolute atomic E-state index is 12.9. The summed E-state index contributed by atoms with van der Waals surface area (Å²) in [4.78, 5) is 12.9. The Morgan fingerprint density at radius 1 is 1.04 bits per heavy atom. The van der Waals surface area contributed by atoms with Crippen LogP contribution in [0.2, 0.25) is 0 Å². The fourth-order valence-corrected chi connectivity index (χ4v) is 3.08. The fraction of sp³-hybridized carbons (Fsp3) is 0.118. The van der Waals surface area contributed by atoms with Crippen LogP contribution in [0.1, 0.15) is 21.7 Å². The van der Waals surface area contributed by atoms with Gasteiger partial charge in [0, 0.05) is 12.1 Å². The third-order valence-corrected chi connectivity index (χ3v) is 4.27. The number of methoxy groups -OCH3 is 1. The number of hydrogen-bond acceptors (Lipinski definition) is 4. The zero-order valence-corrected chi connectivity index (χ0v) is 14.3. The molecule has 3 rings (SSSR count). The monoisotopic (exact) mass is 388 g/mol. The Labute approximate surface area is 146 Å². The van der Waals surface area contributed by atoms with Gasteiger partial charge in [0.05, 0.1) is 18.0 Å². The molecular weight excluding hydrogens is 376 g/mol. The van der Waals surface area contributed by atoms with E-state index in [0.717, 1.165) is 0 Å². The van der Waals surface area contributed by atoms with Gasteiger partial charge in [-0.05, 0) is 12.1 Å². The zero-order valence-electron chi connectivity index (χ0n) is 12.7. The topological polar surface area (TPSA) is 80.2 Å². The summed E-state index contributed by atoms with van der Waals surface area (Å²) in [5.74, 6) is -0.221. The number of rotatable bonds is 4. The van der Waals surface area contributed by atoms with E-state index >= 15 is 0 Å². The summed E-state index contributed by atoms with van der Waals surface area (Å²) in [5, 5.41) is 25.4. The third-order valence-electron chi connectivity index (χ3n) is 3.73. The highest BCUT2D eigenvalue weighted by Gasteiger charge is 2.34. The first-order chi connectivity index (χ1) is 11.6. The van der Waals surface area contributed by atoms with E-state index in [1.165, 1.54) is 13.2 Å². The van der Waals surface area contributed by atoms with E-state index in [4.69, 9.17) is 4.74 Å². The zero-order chi connectivity index (χ0) is 17.3. The molecule has 0 atom stereocenters. The number of halogens is 1. The standard InChI is InChI=1S/C17H13BrN2O4/c1-24-15-9-5-2-6-11(15)17(21)16-14(10-18)19(22)12-7-3-4-8-13(12)20(16)23/h2-9H,10H2,1H3. The van der Waals surface area contributed by atoms with Crippen molar-refractivity contribution in [3.05, 3.63) is 75.9 Å². The van der Waals surface area contributed by atoms with E-state index in [9.17, 15) is 15.2 Å². The van der Waals surface area contributed by atoms with Crippen LogP contribution in [0.15, 0.2) is 48.5 Å². The van der Waals surface area contributed by atoms with E-state index < -0.39 is 5.78 Å². The average molecular weight is 389 g/mol. The lowest BCUT2D eigenvalue weighted by molar-refractivity contribution is -0.635. The first kappa shape index (κ1) is 16.2. The van der Waals surface area contributed by atoms with Crippen LogP contribution in [0.3, 0.4) is 0 Å². The van der Waals surface area contributed by atoms with Crippen LogP contribution in [-0.4, -0.2) is 12.9 Å². The van der Waals surface area contributed by atoms with E-state index in [0.29, 0.717) is 15.2 Å². The molecule has 0 amide bonds. The second-order valence-corrected chi connectivity index (χ2v) is 5.60. The SMILES string of the molecule is COc1ccccc1C(=O)c1c(CBr)[n+]([O-])c2ccccc2[n+]1[O-].